The lowest BCUT2D eigenvalue weighted by molar-refractivity contribution is -0.131. The van der Waals surface area contributed by atoms with Gasteiger partial charge >= 0.3 is 5.97 Å². The number of hydrogen-bond donors (Lipinski definition) is 1. The van der Waals surface area contributed by atoms with Crippen LogP contribution in [0.3, 0.4) is 0 Å². The van der Waals surface area contributed by atoms with Gasteiger partial charge in [0, 0.05) is 22.4 Å². The molecule has 0 atom stereocenters. The maximum absolute atomic E-state index is 10.9. The van der Waals surface area contributed by atoms with Crippen molar-refractivity contribution < 1.29 is 14.3 Å². The van der Waals surface area contributed by atoms with Crippen molar-refractivity contribution in [3.8, 4) is 0 Å². The highest BCUT2D eigenvalue weighted by Gasteiger charge is 2.23. The van der Waals surface area contributed by atoms with Crippen LogP contribution in [0, 0.1) is 0 Å². The number of carboxylic acids is 1. The topological polar surface area (TPSA) is 50.4 Å². The zero-order chi connectivity index (χ0) is 17.5. The van der Waals surface area contributed by atoms with Crippen LogP contribution in [-0.4, -0.2) is 19.1 Å². The van der Waals surface area contributed by atoms with Gasteiger partial charge in [0.15, 0.2) is 0 Å². The molecule has 24 heavy (non-hydrogen) atoms. The lowest BCUT2D eigenvalue weighted by atomic mass is 10.0. The van der Waals surface area contributed by atoms with E-state index in [0.717, 1.165) is 40.0 Å². The number of hydrogen-bond acceptors (Lipinski definition) is 2. The van der Waals surface area contributed by atoms with Crippen LogP contribution in [0.2, 0.25) is 19.6 Å². The van der Waals surface area contributed by atoms with Gasteiger partial charge in [-0.1, -0.05) is 56.9 Å². The van der Waals surface area contributed by atoms with Gasteiger partial charge in [-0.25, -0.2) is 4.79 Å². The van der Waals surface area contributed by atoms with Crippen molar-refractivity contribution in [2.75, 3.05) is 0 Å². The molecule has 0 saturated heterocycles. The predicted molar refractivity (Wildman–Crippen MR) is 103 cm³/mol. The standard InChI is InChI=1S/C20H22O3Si/c1-5-13-9-10-14(11-12-17(21)22)19-18(13)15-7-6-8-16(20(15)23-19)24(2,3)4/h6-12H,5H2,1-4H3,(H,21,22). The zero-order valence-corrected chi connectivity index (χ0v) is 15.5. The normalized spacial score (nSPS) is 12.5. The molecule has 1 aromatic heterocycles. The monoisotopic (exact) mass is 338 g/mol. The summed E-state index contributed by atoms with van der Waals surface area (Å²) in [6.45, 7) is 9.05. The molecule has 0 aliphatic rings. The third-order valence-electron chi connectivity index (χ3n) is 4.36. The lowest BCUT2D eigenvalue weighted by Gasteiger charge is -2.16. The summed E-state index contributed by atoms with van der Waals surface area (Å²) in [6.07, 6.45) is 3.68. The van der Waals surface area contributed by atoms with Crippen LogP contribution in [0.1, 0.15) is 18.1 Å². The van der Waals surface area contributed by atoms with E-state index in [1.54, 1.807) is 6.08 Å². The first-order chi connectivity index (χ1) is 11.3. The minimum atomic E-state index is -1.55. The second-order valence-corrected chi connectivity index (χ2v) is 12.1. The van der Waals surface area contributed by atoms with Crippen molar-refractivity contribution in [2.24, 2.45) is 0 Å². The highest BCUT2D eigenvalue weighted by atomic mass is 28.3. The maximum atomic E-state index is 10.9. The molecule has 0 aliphatic heterocycles. The summed E-state index contributed by atoms with van der Waals surface area (Å²) < 4.78 is 6.31. The zero-order valence-electron chi connectivity index (χ0n) is 14.5. The Kier molecular flexibility index (Phi) is 4.09. The van der Waals surface area contributed by atoms with E-state index in [-0.39, 0.29) is 0 Å². The van der Waals surface area contributed by atoms with E-state index in [1.165, 1.54) is 10.8 Å². The summed E-state index contributed by atoms with van der Waals surface area (Å²) >= 11 is 0. The molecule has 0 aliphatic carbocycles. The number of aryl methyl sites for hydroxylation is 1. The SMILES string of the molecule is CCc1ccc(C=CC(=O)O)c2oc3c([Si](C)(C)C)cccc3c12. The summed E-state index contributed by atoms with van der Waals surface area (Å²) in [5, 5.41) is 12.5. The van der Waals surface area contributed by atoms with E-state index in [2.05, 4.69) is 50.8 Å². The molecule has 0 amide bonds. The summed E-state index contributed by atoms with van der Waals surface area (Å²) in [7, 11) is -1.55. The Labute approximate surface area is 142 Å². The van der Waals surface area contributed by atoms with Crippen LogP contribution >= 0.6 is 0 Å². The van der Waals surface area contributed by atoms with Gasteiger partial charge < -0.3 is 9.52 Å². The van der Waals surface area contributed by atoms with Gasteiger partial charge in [-0.2, -0.15) is 0 Å². The molecular formula is C20H22O3Si. The Hall–Kier alpha value is -2.33. The van der Waals surface area contributed by atoms with E-state index in [0.29, 0.717) is 0 Å². The van der Waals surface area contributed by atoms with Crippen molar-refractivity contribution in [1.82, 2.24) is 0 Å². The average molecular weight is 338 g/mol. The second-order valence-electron chi connectivity index (χ2n) is 7.08. The van der Waals surface area contributed by atoms with Crippen molar-refractivity contribution in [3.05, 3.63) is 47.5 Å². The molecule has 3 nitrogen and oxygen atoms in total. The second kappa shape index (κ2) is 5.95. The smallest absolute Gasteiger partial charge is 0.328 e. The van der Waals surface area contributed by atoms with Gasteiger partial charge in [0.25, 0.3) is 0 Å². The molecule has 4 heteroatoms. The molecule has 3 aromatic rings. The third-order valence-corrected chi connectivity index (χ3v) is 6.37. The molecular weight excluding hydrogens is 316 g/mol. The number of fused-ring (bicyclic) bond motifs is 3. The number of carboxylic acid groups (broad SMARTS) is 1. The molecule has 0 bridgehead atoms. The van der Waals surface area contributed by atoms with Crippen LogP contribution in [-0.2, 0) is 11.2 Å². The van der Waals surface area contributed by atoms with Crippen molar-refractivity contribution in [2.45, 2.75) is 33.0 Å². The molecule has 0 spiro atoms. The average Bonchev–Trinajstić information content (AvgIpc) is 2.91. The molecule has 0 saturated carbocycles. The van der Waals surface area contributed by atoms with Crippen LogP contribution in [0.25, 0.3) is 28.0 Å². The fourth-order valence-electron chi connectivity index (χ4n) is 3.17. The van der Waals surface area contributed by atoms with E-state index < -0.39 is 14.0 Å². The number of carbonyl (C=O) groups is 1. The molecule has 124 valence electrons. The van der Waals surface area contributed by atoms with Gasteiger partial charge in [0.05, 0.1) is 8.07 Å². The first kappa shape index (κ1) is 16.5. The number of furan rings is 1. The Morgan fingerprint density at radius 3 is 2.54 bits per heavy atom. The van der Waals surface area contributed by atoms with Crippen LogP contribution in [0.15, 0.2) is 40.8 Å². The molecule has 3 rings (SSSR count). The molecule has 0 radical (unpaired) electrons. The quantitative estimate of drug-likeness (QED) is 0.549. The minimum absolute atomic E-state index is 0.785. The van der Waals surface area contributed by atoms with E-state index >= 15 is 0 Å². The lowest BCUT2D eigenvalue weighted by Crippen LogP contribution is -2.37. The molecule has 1 heterocycles. The number of para-hydroxylation sites is 1. The number of aliphatic carboxylic acids is 1. The largest absolute Gasteiger partial charge is 0.478 e. The molecule has 2 aromatic carbocycles. The summed E-state index contributed by atoms with van der Waals surface area (Å²) in [5.41, 5.74) is 3.77. The van der Waals surface area contributed by atoms with E-state index in [1.807, 2.05) is 6.07 Å². The third kappa shape index (κ3) is 2.78. The Morgan fingerprint density at radius 1 is 1.17 bits per heavy atom. The Balaban J connectivity index is 2.42. The Morgan fingerprint density at radius 2 is 1.92 bits per heavy atom. The molecule has 0 unspecified atom stereocenters. The highest BCUT2D eigenvalue weighted by Crippen LogP contribution is 2.34. The van der Waals surface area contributed by atoms with Gasteiger partial charge in [-0.3, -0.25) is 0 Å². The van der Waals surface area contributed by atoms with Gasteiger partial charge in [0.1, 0.15) is 11.2 Å². The Bertz CT molecular complexity index is 958. The predicted octanol–water partition coefficient (Wildman–Crippen LogP) is 4.79. The van der Waals surface area contributed by atoms with Gasteiger partial charge in [-0.15, -0.1) is 0 Å². The van der Waals surface area contributed by atoms with Crippen LogP contribution in [0.5, 0.6) is 0 Å². The van der Waals surface area contributed by atoms with E-state index in [9.17, 15) is 4.79 Å². The summed E-state index contributed by atoms with van der Waals surface area (Å²) in [4.78, 5) is 10.9. The minimum Gasteiger partial charge on any atom is -0.478 e. The summed E-state index contributed by atoms with van der Waals surface area (Å²) in [5.74, 6) is -0.957. The van der Waals surface area contributed by atoms with Crippen LogP contribution < -0.4 is 5.19 Å². The molecule has 1 N–H and O–H groups in total. The first-order valence-electron chi connectivity index (χ1n) is 8.21. The van der Waals surface area contributed by atoms with Crippen molar-refractivity contribution >= 4 is 47.2 Å². The fourth-order valence-corrected chi connectivity index (χ4v) is 4.63. The first-order valence-corrected chi connectivity index (χ1v) is 11.7. The van der Waals surface area contributed by atoms with Crippen molar-refractivity contribution in [3.63, 3.8) is 0 Å². The van der Waals surface area contributed by atoms with E-state index in [4.69, 9.17) is 9.52 Å². The van der Waals surface area contributed by atoms with Gasteiger partial charge in [-0.05, 0) is 23.2 Å². The molecule has 0 fully saturated rings. The van der Waals surface area contributed by atoms with Crippen molar-refractivity contribution in [1.29, 1.82) is 0 Å². The summed E-state index contributed by atoms with van der Waals surface area (Å²) in [6, 6.07) is 10.4. The number of rotatable bonds is 4. The highest BCUT2D eigenvalue weighted by molar-refractivity contribution is 6.90. The fraction of sp³-hybridized carbons (Fsp3) is 0.250. The number of benzene rings is 2. The van der Waals surface area contributed by atoms with Crippen LogP contribution in [0.4, 0.5) is 0 Å². The maximum Gasteiger partial charge on any atom is 0.328 e. The van der Waals surface area contributed by atoms with Gasteiger partial charge in [0.2, 0.25) is 0 Å².